The number of nitrogens with zero attached hydrogens (tertiary/aromatic N) is 4. The second-order valence-electron chi connectivity index (χ2n) is 21.9. The molecule has 0 atom stereocenters. The molecule has 5 heteroatoms. The van der Waals surface area contributed by atoms with E-state index in [9.17, 15) is 6.85 Å². The average Bonchev–Trinajstić information content (AvgIpc) is 4.23. The summed E-state index contributed by atoms with van der Waals surface area (Å²) in [6.45, 7) is 18.9. The fourth-order valence-corrected chi connectivity index (χ4v) is 9.81. The fourth-order valence-electron chi connectivity index (χ4n) is 9.81. The Morgan fingerprint density at radius 3 is 1.86 bits per heavy atom. The highest BCUT2D eigenvalue weighted by molar-refractivity contribution is 6.09. The summed E-state index contributed by atoms with van der Waals surface area (Å²) < 4.78 is 75.6. The van der Waals surface area contributed by atoms with Gasteiger partial charge in [-0.1, -0.05) is 190 Å². The predicted octanol–water partition coefficient (Wildman–Crippen LogP) is 18.4. The summed E-state index contributed by atoms with van der Waals surface area (Å²) in [5.41, 5.74) is 9.40. The topological polar surface area (TPSA) is 33.5 Å². The van der Waals surface area contributed by atoms with Crippen LogP contribution >= 0.6 is 0 Å². The number of pyridine rings is 1. The summed E-state index contributed by atoms with van der Waals surface area (Å²) in [5, 5.41) is 2.04. The number of para-hydroxylation sites is 4. The molecule has 0 radical (unpaired) electrons. The molecule has 0 spiro atoms. The van der Waals surface area contributed by atoms with Gasteiger partial charge < -0.3 is 14.5 Å². The Bertz CT molecular complexity index is 3980. The van der Waals surface area contributed by atoms with E-state index in [0.717, 1.165) is 61.1 Å². The molecule has 0 bridgehead atoms. The summed E-state index contributed by atoms with van der Waals surface area (Å²) in [6, 6.07) is 52.8. The van der Waals surface area contributed by atoms with Gasteiger partial charge in [-0.05, 0) is 116 Å². The number of hydrogen-bond acceptors (Lipinski definition) is 4. The zero-order valence-corrected chi connectivity index (χ0v) is 42.6. The minimum Gasteiger partial charge on any atom is -0.457 e. The Kier molecular flexibility index (Phi) is 9.73. The first kappa shape index (κ1) is 38.8. The summed E-state index contributed by atoms with van der Waals surface area (Å²) in [6.07, 6.45) is 0.0557. The minimum atomic E-state index is -1.62. The summed E-state index contributed by atoms with van der Waals surface area (Å²) >= 11 is 0. The smallest absolute Gasteiger partial charge is 0.137 e. The SMILES string of the molecule is [2H]c1cc(-c2ccccc2)cc([2H])c1-c1c([2H])c([2H])c([2H])c(-c2cc(C(C)(C)C)cc(C(C)(C)C)c2)c1N1CN(c2cccc(Oc3ccc4c5ccccc5n(-c5cc(C([2H])([2H])C(C)(C)C)ccn5)c4c3)c2)c2ccccc21. The number of ether oxygens (including phenoxy) is 1. The normalized spacial score (nSPS) is 14.6. The quantitative estimate of drug-likeness (QED) is 0.144. The van der Waals surface area contributed by atoms with Gasteiger partial charge >= 0.3 is 0 Å². The van der Waals surface area contributed by atoms with Crippen molar-refractivity contribution in [1.82, 2.24) is 9.55 Å². The van der Waals surface area contributed by atoms with E-state index in [0.29, 0.717) is 39.7 Å². The molecule has 0 saturated heterocycles. The maximum Gasteiger partial charge on any atom is 0.137 e. The van der Waals surface area contributed by atoms with Crippen molar-refractivity contribution in [3.63, 3.8) is 0 Å². The van der Waals surface area contributed by atoms with Gasteiger partial charge in [0, 0.05) is 48.7 Å². The highest BCUT2D eigenvalue weighted by atomic mass is 16.5. The number of aromatic nitrogens is 2. The molecule has 8 aromatic carbocycles. The van der Waals surface area contributed by atoms with Crippen molar-refractivity contribution in [3.05, 3.63) is 217 Å². The lowest BCUT2D eigenvalue weighted by atomic mass is 9.78. The monoisotopic (exact) mass is 948 g/mol. The maximum atomic E-state index is 9.90. The molecule has 0 amide bonds. The molecular weight excluding hydrogens is 877 g/mol. The van der Waals surface area contributed by atoms with Gasteiger partial charge in [-0.2, -0.15) is 0 Å². The summed E-state index contributed by atoms with van der Waals surface area (Å²) in [7, 11) is 0. The van der Waals surface area contributed by atoms with Crippen LogP contribution in [0.2, 0.25) is 0 Å². The lowest BCUT2D eigenvalue weighted by Gasteiger charge is -2.29. The van der Waals surface area contributed by atoms with Crippen LogP contribution in [-0.4, -0.2) is 16.2 Å². The summed E-state index contributed by atoms with van der Waals surface area (Å²) in [5.74, 6) is 1.78. The van der Waals surface area contributed by atoms with Crippen molar-refractivity contribution in [3.8, 4) is 50.7 Å². The molecule has 0 N–H and O–H groups in total. The van der Waals surface area contributed by atoms with E-state index in [4.69, 9.17) is 12.5 Å². The van der Waals surface area contributed by atoms with Crippen LogP contribution < -0.4 is 14.5 Å². The second kappa shape index (κ2) is 18.1. The lowest BCUT2D eigenvalue weighted by Crippen LogP contribution is -2.25. The largest absolute Gasteiger partial charge is 0.457 e. The molecule has 3 heterocycles. The van der Waals surface area contributed by atoms with E-state index in [2.05, 4.69) is 92.3 Å². The number of benzene rings is 8. The van der Waals surface area contributed by atoms with Crippen molar-refractivity contribution < 1.29 is 14.3 Å². The van der Waals surface area contributed by atoms with Crippen molar-refractivity contribution in [1.29, 1.82) is 0 Å². The molecule has 0 unspecified atom stereocenters. The molecule has 1 aliphatic heterocycles. The average molecular weight is 948 g/mol. The number of rotatable bonds is 9. The predicted molar refractivity (Wildman–Crippen MR) is 304 cm³/mol. The number of fused-ring (bicyclic) bond motifs is 4. The Morgan fingerprint density at radius 2 is 1.15 bits per heavy atom. The third-order valence-electron chi connectivity index (χ3n) is 13.4. The third kappa shape index (κ3) is 9.05. The zero-order valence-electron chi connectivity index (χ0n) is 49.6. The molecule has 72 heavy (non-hydrogen) atoms. The molecule has 2 aromatic heterocycles. The Labute approximate surface area is 435 Å². The van der Waals surface area contributed by atoms with Crippen molar-refractivity contribution in [2.75, 3.05) is 16.5 Å². The second-order valence-corrected chi connectivity index (χ2v) is 21.9. The van der Waals surface area contributed by atoms with Crippen molar-refractivity contribution in [2.45, 2.75) is 79.5 Å². The van der Waals surface area contributed by atoms with Gasteiger partial charge in [-0.15, -0.1) is 0 Å². The van der Waals surface area contributed by atoms with E-state index < -0.39 is 11.8 Å². The molecule has 1 aliphatic rings. The Balaban J connectivity index is 1.05. The molecular formula is C67H64N4O. The van der Waals surface area contributed by atoms with E-state index in [1.807, 2.05) is 130 Å². The van der Waals surface area contributed by atoms with Gasteiger partial charge in [-0.25, -0.2) is 4.98 Å². The standard InChI is InChI=1S/C67H64N4O/c1-65(2,3)43-45-35-36-68-63(37-45)71-59-26-14-13-23-57(59)58-34-33-54(42-62(58)71)72-53-22-17-21-52(41-53)69-44-70(61-28-16-15-27-60(61)69)64-55(48-31-29-47(30-32-48)46-19-11-10-12-20-46)24-18-25-56(64)49-38-50(66(4,5)6)40-51(39-49)67(7,8)9/h10-42H,43-44H2,1-9H3/i18D,24D,25D,31D,32D,43D2. The molecule has 11 rings (SSSR count). The van der Waals surface area contributed by atoms with Crippen LogP contribution in [0, 0.1) is 5.41 Å². The first-order chi connectivity index (χ1) is 37.4. The van der Waals surface area contributed by atoms with Crippen LogP contribution in [0.5, 0.6) is 11.5 Å². The molecule has 358 valence electrons. The first-order valence-electron chi connectivity index (χ1n) is 28.3. The van der Waals surface area contributed by atoms with Crippen LogP contribution in [0.25, 0.3) is 61.0 Å². The highest BCUT2D eigenvalue weighted by Crippen LogP contribution is 2.51. The van der Waals surface area contributed by atoms with Gasteiger partial charge in [0.05, 0.1) is 34.9 Å². The molecule has 10 aromatic rings. The van der Waals surface area contributed by atoms with Gasteiger partial charge in [0.1, 0.15) is 24.0 Å². The van der Waals surface area contributed by atoms with Crippen LogP contribution in [0.4, 0.5) is 22.7 Å². The Hall–Kier alpha value is -7.89. The van der Waals surface area contributed by atoms with Gasteiger partial charge in [0.2, 0.25) is 0 Å². The minimum absolute atomic E-state index is 0.0452. The van der Waals surface area contributed by atoms with E-state index in [-0.39, 0.29) is 58.8 Å². The van der Waals surface area contributed by atoms with Crippen molar-refractivity contribution >= 4 is 44.6 Å². The van der Waals surface area contributed by atoms with Gasteiger partial charge in [0.25, 0.3) is 0 Å². The van der Waals surface area contributed by atoms with E-state index >= 15 is 0 Å². The highest BCUT2D eigenvalue weighted by Gasteiger charge is 2.32. The lowest BCUT2D eigenvalue weighted by molar-refractivity contribution is 0.411. The first-order valence-corrected chi connectivity index (χ1v) is 24.8. The summed E-state index contributed by atoms with van der Waals surface area (Å²) in [4.78, 5) is 9.06. The van der Waals surface area contributed by atoms with Crippen molar-refractivity contribution in [2.24, 2.45) is 5.41 Å². The van der Waals surface area contributed by atoms with E-state index in [1.165, 1.54) is 0 Å². The van der Waals surface area contributed by atoms with Gasteiger partial charge in [0.15, 0.2) is 0 Å². The molecule has 5 nitrogen and oxygen atoms in total. The maximum absolute atomic E-state index is 9.90. The van der Waals surface area contributed by atoms with Gasteiger partial charge in [-0.3, -0.25) is 4.57 Å². The molecule has 0 saturated carbocycles. The zero-order chi connectivity index (χ0) is 56.1. The van der Waals surface area contributed by atoms with Crippen LogP contribution in [0.1, 0.15) is 88.6 Å². The van der Waals surface area contributed by atoms with E-state index in [1.54, 1.807) is 24.4 Å². The van der Waals surface area contributed by atoms with Crippen LogP contribution in [0.3, 0.4) is 0 Å². The number of anilines is 4. The number of hydrogen-bond donors (Lipinski definition) is 0. The van der Waals surface area contributed by atoms with Crippen LogP contribution in [0.15, 0.2) is 200 Å². The Morgan fingerprint density at radius 1 is 0.528 bits per heavy atom. The fraction of sp³-hybridized carbons (Fsp3) is 0.209. The third-order valence-corrected chi connectivity index (χ3v) is 13.4. The van der Waals surface area contributed by atoms with Crippen LogP contribution in [-0.2, 0) is 17.2 Å². The molecule has 0 fully saturated rings. The molecule has 0 aliphatic carbocycles.